The number of hydrogen-bond acceptors (Lipinski definition) is 4. The van der Waals surface area contributed by atoms with Gasteiger partial charge in [-0.25, -0.2) is 4.99 Å². The molecule has 1 saturated heterocycles. The van der Waals surface area contributed by atoms with Crippen LogP contribution in [0.1, 0.15) is 38.3 Å². The van der Waals surface area contributed by atoms with Crippen LogP contribution in [-0.2, 0) is 6.54 Å². The Morgan fingerprint density at radius 1 is 1.36 bits per heavy atom. The van der Waals surface area contributed by atoms with Crippen molar-refractivity contribution >= 4 is 29.9 Å². The fraction of sp³-hybridized carbons (Fsp3) is 0.733. The monoisotopic (exact) mass is 419 g/mol. The van der Waals surface area contributed by atoms with Crippen molar-refractivity contribution in [1.82, 2.24) is 20.7 Å². The van der Waals surface area contributed by atoms with Crippen molar-refractivity contribution in [2.45, 2.75) is 51.2 Å². The highest BCUT2D eigenvalue weighted by atomic mass is 127. The minimum Gasteiger partial charge on any atom is -0.364 e. The molecule has 1 aliphatic heterocycles. The Morgan fingerprint density at radius 3 is 2.73 bits per heavy atom. The van der Waals surface area contributed by atoms with E-state index in [0.717, 1.165) is 24.2 Å². The lowest BCUT2D eigenvalue weighted by Crippen LogP contribution is -2.49. The standard InChI is InChI=1S/C15H25N5O.HI/c1-2-16-15(17-11-13-7-10-21-19-13)18-12-5-8-20(9-6-12)14-3-4-14;/h7,10,12,14H,2-6,8-9,11H2,1H3,(H2,16,17,18);1H. The molecule has 2 N–H and O–H groups in total. The van der Waals surface area contributed by atoms with Crippen LogP contribution in [0.2, 0.25) is 0 Å². The quantitative estimate of drug-likeness (QED) is 0.434. The third kappa shape index (κ3) is 5.12. The van der Waals surface area contributed by atoms with Gasteiger partial charge in [0.05, 0.1) is 6.54 Å². The second-order valence-corrected chi connectivity index (χ2v) is 5.87. The summed E-state index contributed by atoms with van der Waals surface area (Å²) in [4.78, 5) is 7.21. The molecule has 2 aliphatic rings. The summed E-state index contributed by atoms with van der Waals surface area (Å²) in [5.41, 5.74) is 0.857. The summed E-state index contributed by atoms with van der Waals surface area (Å²) in [6.07, 6.45) is 6.79. The van der Waals surface area contributed by atoms with Gasteiger partial charge in [-0.3, -0.25) is 0 Å². The van der Waals surface area contributed by atoms with Crippen LogP contribution in [0.15, 0.2) is 21.8 Å². The lowest BCUT2D eigenvalue weighted by Gasteiger charge is -2.33. The summed E-state index contributed by atoms with van der Waals surface area (Å²) < 4.78 is 4.83. The zero-order chi connectivity index (χ0) is 14.5. The van der Waals surface area contributed by atoms with Gasteiger partial charge < -0.3 is 20.1 Å². The van der Waals surface area contributed by atoms with Crippen LogP contribution in [0.3, 0.4) is 0 Å². The maximum Gasteiger partial charge on any atom is 0.191 e. The van der Waals surface area contributed by atoms with Crippen LogP contribution < -0.4 is 10.6 Å². The van der Waals surface area contributed by atoms with E-state index in [4.69, 9.17) is 4.52 Å². The summed E-state index contributed by atoms with van der Waals surface area (Å²) in [6, 6.07) is 3.26. The highest BCUT2D eigenvalue weighted by Gasteiger charge is 2.31. The van der Waals surface area contributed by atoms with E-state index in [9.17, 15) is 0 Å². The second kappa shape index (κ2) is 8.71. The van der Waals surface area contributed by atoms with Crippen molar-refractivity contribution in [3.63, 3.8) is 0 Å². The summed E-state index contributed by atoms with van der Waals surface area (Å²) in [5, 5.41) is 10.7. The van der Waals surface area contributed by atoms with Gasteiger partial charge in [-0.2, -0.15) is 0 Å². The first-order valence-electron chi connectivity index (χ1n) is 8.03. The summed E-state index contributed by atoms with van der Waals surface area (Å²) in [5.74, 6) is 0.880. The molecule has 0 atom stereocenters. The number of aromatic nitrogens is 1. The third-order valence-corrected chi connectivity index (χ3v) is 4.17. The Hall–Kier alpha value is -0.830. The molecule has 6 nitrogen and oxygen atoms in total. The van der Waals surface area contributed by atoms with Crippen LogP contribution in [0.25, 0.3) is 0 Å². The van der Waals surface area contributed by atoms with Crippen LogP contribution in [0.4, 0.5) is 0 Å². The number of halogens is 1. The van der Waals surface area contributed by atoms with E-state index < -0.39 is 0 Å². The van der Waals surface area contributed by atoms with Gasteiger partial charge in [0.2, 0.25) is 0 Å². The van der Waals surface area contributed by atoms with E-state index in [0.29, 0.717) is 12.6 Å². The van der Waals surface area contributed by atoms with Crippen LogP contribution in [0.5, 0.6) is 0 Å². The number of aliphatic imine (C=N–C) groups is 1. The van der Waals surface area contributed by atoms with Crippen molar-refractivity contribution in [2.24, 2.45) is 4.99 Å². The molecular weight excluding hydrogens is 393 g/mol. The van der Waals surface area contributed by atoms with Crippen molar-refractivity contribution in [3.8, 4) is 0 Å². The fourth-order valence-electron chi connectivity index (χ4n) is 2.84. The van der Waals surface area contributed by atoms with Gasteiger partial charge in [0.1, 0.15) is 12.0 Å². The van der Waals surface area contributed by atoms with Gasteiger partial charge in [-0.1, -0.05) is 5.16 Å². The molecule has 2 heterocycles. The van der Waals surface area contributed by atoms with E-state index >= 15 is 0 Å². The lowest BCUT2D eigenvalue weighted by molar-refractivity contribution is 0.197. The molecule has 1 aliphatic carbocycles. The topological polar surface area (TPSA) is 65.7 Å². The van der Waals surface area contributed by atoms with E-state index in [2.05, 4.69) is 32.6 Å². The smallest absolute Gasteiger partial charge is 0.191 e. The molecule has 22 heavy (non-hydrogen) atoms. The van der Waals surface area contributed by atoms with Gasteiger partial charge >= 0.3 is 0 Å². The molecule has 0 bridgehead atoms. The summed E-state index contributed by atoms with van der Waals surface area (Å²) >= 11 is 0. The number of likely N-dealkylation sites (tertiary alicyclic amines) is 1. The Morgan fingerprint density at radius 2 is 2.14 bits per heavy atom. The predicted molar refractivity (Wildman–Crippen MR) is 97.5 cm³/mol. The molecule has 3 rings (SSSR count). The highest BCUT2D eigenvalue weighted by Crippen LogP contribution is 2.29. The number of nitrogens with one attached hydrogen (secondary N) is 2. The lowest BCUT2D eigenvalue weighted by atomic mass is 10.1. The van der Waals surface area contributed by atoms with Crippen molar-refractivity contribution in [2.75, 3.05) is 19.6 Å². The Labute approximate surface area is 149 Å². The molecule has 124 valence electrons. The van der Waals surface area contributed by atoms with Crippen LogP contribution >= 0.6 is 24.0 Å². The zero-order valence-corrected chi connectivity index (χ0v) is 15.5. The fourth-order valence-corrected chi connectivity index (χ4v) is 2.84. The summed E-state index contributed by atoms with van der Waals surface area (Å²) in [7, 11) is 0. The number of piperidine rings is 1. The van der Waals surface area contributed by atoms with Crippen molar-refractivity contribution in [1.29, 1.82) is 0 Å². The number of hydrogen-bond donors (Lipinski definition) is 2. The van der Waals surface area contributed by atoms with Crippen LogP contribution in [-0.4, -0.2) is 47.7 Å². The molecule has 1 aromatic rings. The van der Waals surface area contributed by atoms with E-state index in [-0.39, 0.29) is 24.0 Å². The van der Waals surface area contributed by atoms with Gasteiger partial charge in [0.25, 0.3) is 0 Å². The SMILES string of the molecule is CCNC(=NCc1ccon1)NC1CCN(C2CC2)CC1.I. The average molecular weight is 419 g/mol. The molecule has 0 spiro atoms. The Bertz CT molecular complexity index is 453. The molecule has 0 radical (unpaired) electrons. The zero-order valence-electron chi connectivity index (χ0n) is 13.1. The van der Waals surface area contributed by atoms with E-state index in [1.54, 1.807) is 6.26 Å². The van der Waals surface area contributed by atoms with Crippen molar-refractivity contribution < 1.29 is 4.52 Å². The maximum absolute atomic E-state index is 4.83. The second-order valence-electron chi connectivity index (χ2n) is 5.87. The molecular formula is C15H26IN5O. The Kier molecular flexibility index (Phi) is 6.94. The first kappa shape index (κ1) is 17.5. The first-order chi connectivity index (χ1) is 10.3. The van der Waals surface area contributed by atoms with E-state index in [1.165, 1.54) is 38.8 Å². The molecule has 7 heteroatoms. The van der Waals surface area contributed by atoms with Crippen molar-refractivity contribution in [3.05, 3.63) is 18.0 Å². The van der Waals surface area contributed by atoms with E-state index in [1.807, 2.05) is 6.07 Å². The normalized spacial score (nSPS) is 20.5. The number of nitrogens with zero attached hydrogens (tertiary/aromatic N) is 3. The molecule has 2 fully saturated rings. The largest absolute Gasteiger partial charge is 0.364 e. The number of guanidine groups is 1. The predicted octanol–water partition coefficient (Wildman–Crippen LogP) is 1.97. The molecule has 0 amide bonds. The van der Waals surface area contributed by atoms with Gasteiger partial charge in [-0.05, 0) is 32.6 Å². The first-order valence-corrected chi connectivity index (χ1v) is 8.03. The molecule has 1 aromatic heterocycles. The Balaban J connectivity index is 0.00000176. The molecule has 0 unspecified atom stereocenters. The van der Waals surface area contributed by atoms with Crippen LogP contribution in [0, 0.1) is 0 Å². The minimum absolute atomic E-state index is 0. The minimum atomic E-state index is 0. The molecule has 1 saturated carbocycles. The van der Waals surface area contributed by atoms with Gasteiger partial charge in [-0.15, -0.1) is 24.0 Å². The maximum atomic E-state index is 4.83. The average Bonchev–Trinajstić information content (AvgIpc) is 3.22. The number of rotatable bonds is 5. The highest BCUT2D eigenvalue weighted by molar-refractivity contribution is 14.0. The van der Waals surface area contributed by atoms with Gasteiger partial charge in [0, 0.05) is 37.8 Å². The third-order valence-electron chi connectivity index (χ3n) is 4.17. The van der Waals surface area contributed by atoms with Gasteiger partial charge in [0.15, 0.2) is 5.96 Å². The molecule has 0 aromatic carbocycles. The summed E-state index contributed by atoms with van der Waals surface area (Å²) in [6.45, 7) is 5.93.